The van der Waals surface area contributed by atoms with Crippen LogP contribution in [-0.4, -0.2) is 23.8 Å². The first-order valence-electron chi connectivity index (χ1n) is 9.33. The van der Waals surface area contributed by atoms with Crippen molar-refractivity contribution < 1.29 is 14.4 Å². The molecule has 142 valence electrons. The summed E-state index contributed by atoms with van der Waals surface area (Å²) in [6.45, 7) is 4.99. The van der Waals surface area contributed by atoms with E-state index >= 15 is 0 Å². The van der Waals surface area contributed by atoms with Crippen molar-refractivity contribution in [3.8, 4) is 0 Å². The van der Waals surface area contributed by atoms with Crippen LogP contribution in [0, 0.1) is 12.8 Å². The standard InChI is InChI=1S/C20H29N3O3/c1-13-9-10-17(22-15(3)24)18(11-13)23-20(26)14(2)21-19(25)12-16-7-5-4-6-8-16/h9-11,14,16H,4-8,12H2,1-3H3,(H,21,25)(H,22,24)(H,23,26). The van der Waals surface area contributed by atoms with Crippen molar-refractivity contribution in [2.75, 3.05) is 10.6 Å². The van der Waals surface area contributed by atoms with E-state index < -0.39 is 6.04 Å². The molecule has 1 aromatic rings. The molecule has 0 aliphatic heterocycles. The quantitative estimate of drug-likeness (QED) is 0.728. The summed E-state index contributed by atoms with van der Waals surface area (Å²) >= 11 is 0. The highest BCUT2D eigenvalue weighted by molar-refractivity contribution is 6.01. The number of nitrogens with one attached hydrogen (secondary N) is 3. The van der Waals surface area contributed by atoms with Crippen LogP contribution in [0.15, 0.2) is 18.2 Å². The van der Waals surface area contributed by atoms with Crippen LogP contribution in [0.25, 0.3) is 0 Å². The number of carbonyl (C=O) groups is 3. The number of carbonyl (C=O) groups excluding carboxylic acids is 3. The second kappa shape index (κ2) is 9.36. The predicted molar refractivity (Wildman–Crippen MR) is 103 cm³/mol. The van der Waals surface area contributed by atoms with Gasteiger partial charge in [0.2, 0.25) is 17.7 Å². The van der Waals surface area contributed by atoms with Crippen LogP contribution in [0.5, 0.6) is 0 Å². The highest BCUT2D eigenvalue weighted by Gasteiger charge is 2.21. The van der Waals surface area contributed by atoms with Gasteiger partial charge in [-0.25, -0.2) is 0 Å². The summed E-state index contributed by atoms with van der Waals surface area (Å²) in [5.74, 6) is -0.162. The van der Waals surface area contributed by atoms with Gasteiger partial charge >= 0.3 is 0 Å². The van der Waals surface area contributed by atoms with Crippen LogP contribution < -0.4 is 16.0 Å². The fourth-order valence-corrected chi connectivity index (χ4v) is 3.32. The Hall–Kier alpha value is -2.37. The first-order chi connectivity index (χ1) is 12.3. The lowest BCUT2D eigenvalue weighted by Gasteiger charge is -2.22. The topological polar surface area (TPSA) is 87.3 Å². The fourth-order valence-electron chi connectivity index (χ4n) is 3.32. The van der Waals surface area contributed by atoms with Crippen molar-refractivity contribution in [1.82, 2.24) is 5.32 Å². The van der Waals surface area contributed by atoms with Gasteiger partial charge in [0.05, 0.1) is 11.4 Å². The molecule has 1 saturated carbocycles. The molecule has 0 spiro atoms. The Labute approximate surface area is 155 Å². The molecule has 2 rings (SSSR count). The molecule has 1 aromatic carbocycles. The van der Waals surface area contributed by atoms with E-state index in [2.05, 4.69) is 16.0 Å². The van der Waals surface area contributed by atoms with Crippen molar-refractivity contribution in [3.63, 3.8) is 0 Å². The minimum Gasteiger partial charge on any atom is -0.345 e. The van der Waals surface area contributed by atoms with Gasteiger partial charge in [-0.2, -0.15) is 0 Å². The molecule has 1 fully saturated rings. The van der Waals surface area contributed by atoms with E-state index in [1.165, 1.54) is 26.2 Å². The summed E-state index contributed by atoms with van der Waals surface area (Å²) in [4.78, 5) is 36.0. The van der Waals surface area contributed by atoms with E-state index in [-0.39, 0.29) is 17.7 Å². The smallest absolute Gasteiger partial charge is 0.246 e. The Morgan fingerprint density at radius 3 is 2.42 bits per heavy atom. The minimum atomic E-state index is -0.642. The van der Waals surface area contributed by atoms with Crippen molar-refractivity contribution in [2.24, 2.45) is 5.92 Å². The summed E-state index contributed by atoms with van der Waals surface area (Å²) in [7, 11) is 0. The number of rotatable bonds is 6. The maximum absolute atomic E-state index is 12.5. The van der Waals surface area contributed by atoms with E-state index in [1.54, 1.807) is 19.1 Å². The third kappa shape index (κ3) is 6.17. The van der Waals surface area contributed by atoms with E-state index in [9.17, 15) is 14.4 Å². The molecule has 6 nitrogen and oxygen atoms in total. The number of anilines is 2. The molecule has 1 unspecified atom stereocenters. The van der Waals surface area contributed by atoms with Gasteiger partial charge in [-0.05, 0) is 50.3 Å². The number of hydrogen-bond acceptors (Lipinski definition) is 3. The van der Waals surface area contributed by atoms with Gasteiger partial charge in [-0.1, -0.05) is 25.3 Å². The molecule has 1 atom stereocenters. The number of aryl methyl sites for hydroxylation is 1. The van der Waals surface area contributed by atoms with Crippen LogP contribution >= 0.6 is 0 Å². The molecule has 0 heterocycles. The molecule has 0 saturated heterocycles. The zero-order chi connectivity index (χ0) is 19.1. The Balaban J connectivity index is 1.92. The van der Waals surface area contributed by atoms with E-state index in [0.29, 0.717) is 23.7 Å². The molecule has 0 bridgehead atoms. The molecular weight excluding hydrogens is 330 g/mol. The molecule has 3 N–H and O–H groups in total. The average Bonchev–Trinajstić information content (AvgIpc) is 2.57. The van der Waals surface area contributed by atoms with Gasteiger partial charge in [0.25, 0.3) is 0 Å². The maximum atomic E-state index is 12.5. The van der Waals surface area contributed by atoms with Crippen LogP contribution in [0.4, 0.5) is 11.4 Å². The van der Waals surface area contributed by atoms with Gasteiger partial charge in [-0.3, -0.25) is 14.4 Å². The van der Waals surface area contributed by atoms with Gasteiger partial charge < -0.3 is 16.0 Å². The van der Waals surface area contributed by atoms with Crippen molar-refractivity contribution in [2.45, 2.75) is 65.3 Å². The molecule has 3 amide bonds. The van der Waals surface area contributed by atoms with E-state index in [1.807, 2.05) is 13.0 Å². The lowest BCUT2D eigenvalue weighted by atomic mass is 9.87. The first kappa shape index (κ1) is 19.9. The monoisotopic (exact) mass is 359 g/mol. The zero-order valence-electron chi connectivity index (χ0n) is 15.9. The van der Waals surface area contributed by atoms with Gasteiger partial charge in [-0.15, -0.1) is 0 Å². The van der Waals surface area contributed by atoms with Crippen LogP contribution in [-0.2, 0) is 14.4 Å². The Morgan fingerprint density at radius 1 is 1.08 bits per heavy atom. The highest BCUT2D eigenvalue weighted by Crippen LogP contribution is 2.26. The van der Waals surface area contributed by atoms with Crippen LogP contribution in [0.1, 0.15) is 57.9 Å². The molecule has 1 aliphatic rings. The summed E-state index contributed by atoms with van der Waals surface area (Å²) in [6.07, 6.45) is 6.30. The maximum Gasteiger partial charge on any atom is 0.246 e. The average molecular weight is 359 g/mol. The Morgan fingerprint density at radius 2 is 1.77 bits per heavy atom. The van der Waals surface area contributed by atoms with E-state index in [0.717, 1.165) is 18.4 Å². The summed E-state index contributed by atoms with van der Waals surface area (Å²) in [6, 6.07) is 4.76. The van der Waals surface area contributed by atoms with Crippen molar-refractivity contribution in [3.05, 3.63) is 23.8 Å². The molecule has 1 aliphatic carbocycles. The minimum absolute atomic E-state index is 0.0779. The molecule has 0 aromatic heterocycles. The second-order valence-electron chi connectivity index (χ2n) is 7.22. The van der Waals surface area contributed by atoms with Gasteiger partial charge in [0.15, 0.2) is 0 Å². The molecule has 6 heteroatoms. The summed E-state index contributed by atoms with van der Waals surface area (Å²) < 4.78 is 0. The fraction of sp³-hybridized carbons (Fsp3) is 0.550. The molecular formula is C20H29N3O3. The Kier molecular flexibility index (Phi) is 7.18. The van der Waals surface area contributed by atoms with Gasteiger partial charge in [0.1, 0.15) is 6.04 Å². The first-order valence-corrected chi connectivity index (χ1v) is 9.33. The summed E-state index contributed by atoms with van der Waals surface area (Å²) in [5.41, 5.74) is 2.03. The van der Waals surface area contributed by atoms with Crippen molar-refractivity contribution >= 4 is 29.1 Å². The van der Waals surface area contributed by atoms with E-state index in [4.69, 9.17) is 0 Å². The predicted octanol–water partition coefficient (Wildman–Crippen LogP) is 3.37. The largest absolute Gasteiger partial charge is 0.345 e. The lowest BCUT2D eigenvalue weighted by molar-refractivity contribution is -0.126. The third-order valence-corrected chi connectivity index (χ3v) is 4.71. The highest BCUT2D eigenvalue weighted by atomic mass is 16.2. The van der Waals surface area contributed by atoms with Crippen LogP contribution in [0.3, 0.4) is 0 Å². The molecule has 26 heavy (non-hydrogen) atoms. The SMILES string of the molecule is CC(=O)Nc1ccc(C)cc1NC(=O)C(C)NC(=O)CC1CCCCC1. The number of benzene rings is 1. The number of hydrogen-bond donors (Lipinski definition) is 3. The third-order valence-electron chi connectivity index (χ3n) is 4.71. The summed E-state index contributed by atoms with van der Waals surface area (Å²) in [5, 5.41) is 8.28. The van der Waals surface area contributed by atoms with Crippen molar-refractivity contribution in [1.29, 1.82) is 0 Å². The second-order valence-corrected chi connectivity index (χ2v) is 7.22. The Bertz CT molecular complexity index is 666. The lowest BCUT2D eigenvalue weighted by Crippen LogP contribution is -2.42. The normalized spacial score (nSPS) is 15.8. The molecule has 0 radical (unpaired) electrons. The van der Waals surface area contributed by atoms with Gasteiger partial charge in [0, 0.05) is 13.3 Å². The zero-order valence-corrected chi connectivity index (χ0v) is 15.9. The van der Waals surface area contributed by atoms with Crippen LogP contribution in [0.2, 0.25) is 0 Å². The number of amides is 3.